The molecule has 0 aromatic carbocycles. The Morgan fingerprint density at radius 2 is 2.00 bits per heavy atom. The maximum Gasteiger partial charge on any atom is 0.361 e. The third kappa shape index (κ3) is 1.52. The van der Waals surface area contributed by atoms with Crippen molar-refractivity contribution in [3.05, 3.63) is 15.3 Å². The van der Waals surface area contributed by atoms with E-state index in [1.165, 1.54) is 4.68 Å². The highest BCUT2D eigenvalue weighted by atomic mass is 32.1. The van der Waals surface area contributed by atoms with E-state index < -0.39 is 0 Å². The highest BCUT2D eigenvalue weighted by molar-refractivity contribution is 7.71. The molecule has 1 saturated heterocycles. The highest BCUT2D eigenvalue weighted by Gasteiger charge is 2.13. The zero-order valence-electron chi connectivity index (χ0n) is 6.95. The van der Waals surface area contributed by atoms with Crippen molar-refractivity contribution < 1.29 is 4.74 Å². The van der Waals surface area contributed by atoms with Crippen LogP contribution in [-0.2, 0) is 4.74 Å². The Hall–Kier alpha value is -1.08. The number of H-pyrrole nitrogens is 2. The third-order valence-corrected chi connectivity index (χ3v) is 2.21. The number of aromatic nitrogens is 3. The lowest BCUT2D eigenvalue weighted by molar-refractivity contribution is 0.110. The Labute approximate surface area is 79.1 Å². The van der Waals surface area contributed by atoms with E-state index >= 15 is 0 Å². The van der Waals surface area contributed by atoms with Crippen molar-refractivity contribution in [1.29, 1.82) is 0 Å². The summed E-state index contributed by atoms with van der Waals surface area (Å²) >= 11 is 4.95. The Morgan fingerprint density at radius 1 is 1.31 bits per heavy atom. The van der Waals surface area contributed by atoms with Gasteiger partial charge in [-0.15, -0.1) is 0 Å². The molecular weight excluding hydrogens is 192 g/mol. The molecule has 0 amide bonds. The van der Waals surface area contributed by atoms with Gasteiger partial charge in [0.05, 0.1) is 26.3 Å². The number of ether oxygens (including phenoxy) is 1. The van der Waals surface area contributed by atoms with E-state index in [0.29, 0.717) is 31.1 Å². The van der Waals surface area contributed by atoms with Gasteiger partial charge in [0.25, 0.3) is 0 Å². The molecule has 1 aromatic heterocycles. The number of rotatable bonds is 1. The minimum Gasteiger partial charge on any atom is -0.378 e. The van der Waals surface area contributed by atoms with Crippen molar-refractivity contribution >= 4 is 12.2 Å². The summed E-state index contributed by atoms with van der Waals surface area (Å²) in [5.74, 6) is 0. The summed E-state index contributed by atoms with van der Waals surface area (Å²) in [5.41, 5.74) is -0.230. The molecule has 13 heavy (non-hydrogen) atoms. The number of hydrogen-bond acceptors (Lipinski definition) is 4. The molecule has 6 nitrogen and oxygen atoms in total. The molecule has 7 heteroatoms. The van der Waals surface area contributed by atoms with E-state index in [0.717, 1.165) is 0 Å². The van der Waals surface area contributed by atoms with Crippen LogP contribution in [0.25, 0.3) is 0 Å². The molecule has 0 bridgehead atoms. The second-order valence-electron chi connectivity index (χ2n) is 2.74. The van der Waals surface area contributed by atoms with Gasteiger partial charge in [-0.3, -0.25) is 5.10 Å². The van der Waals surface area contributed by atoms with Gasteiger partial charge in [-0.25, -0.2) is 9.89 Å². The molecule has 0 radical (unpaired) electrons. The quantitative estimate of drug-likeness (QED) is 0.585. The smallest absolute Gasteiger partial charge is 0.361 e. The number of aromatic amines is 2. The van der Waals surface area contributed by atoms with Crippen LogP contribution in [-0.4, -0.2) is 41.2 Å². The highest BCUT2D eigenvalue weighted by Crippen LogP contribution is 1.94. The summed E-state index contributed by atoms with van der Waals surface area (Å²) in [6.07, 6.45) is 0. The lowest BCUT2D eigenvalue weighted by atomic mass is 10.5. The summed E-state index contributed by atoms with van der Waals surface area (Å²) < 4.78 is 6.99. The van der Waals surface area contributed by atoms with Crippen LogP contribution >= 0.6 is 12.2 Å². The SMILES string of the molecule is O=c1[nH][nH]c(=S)n1N1CCOCC1. The lowest BCUT2D eigenvalue weighted by Crippen LogP contribution is -2.48. The van der Waals surface area contributed by atoms with Gasteiger partial charge >= 0.3 is 5.69 Å². The van der Waals surface area contributed by atoms with Crippen molar-refractivity contribution in [1.82, 2.24) is 14.9 Å². The van der Waals surface area contributed by atoms with Crippen LogP contribution in [0.3, 0.4) is 0 Å². The maximum atomic E-state index is 11.3. The second kappa shape index (κ2) is 3.35. The minimum atomic E-state index is -0.230. The minimum absolute atomic E-state index is 0.230. The van der Waals surface area contributed by atoms with Gasteiger partial charge in [0.1, 0.15) is 0 Å². The molecule has 1 aliphatic rings. The van der Waals surface area contributed by atoms with Crippen LogP contribution in [0.1, 0.15) is 0 Å². The van der Waals surface area contributed by atoms with E-state index in [1.54, 1.807) is 0 Å². The second-order valence-corrected chi connectivity index (χ2v) is 3.12. The summed E-state index contributed by atoms with van der Waals surface area (Å²) in [6.45, 7) is 2.64. The summed E-state index contributed by atoms with van der Waals surface area (Å²) in [7, 11) is 0. The summed E-state index contributed by atoms with van der Waals surface area (Å²) in [6, 6.07) is 0. The first-order chi connectivity index (χ1) is 6.29. The van der Waals surface area contributed by atoms with Crippen LogP contribution in [0.5, 0.6) is 0 Å². The molecule has 0 unspecified atom stereocenters. The monoisotopic (exact) mass is 202 g/mol. The van der Waals surface area contributed by atoms with Crippen molar-refractivity contribution in [3.8, 4) is 0 Å². The van der Waals surface area contributed by atoms with Gasteiger partial charge in [0.15, 0.2) is 0 Å². The molecule has 0 saturated carbocycles. The Morgan fingerprint density at radius 3 is 2.54 bits per heavy atom. The number of nitrogens with one attached hydrogen (secondary N) is 2. The zero-order chi connectivity index (χ0) is 9.26. The standard InChI is InChI=1S/C6H10N4O2S/c11-5-7-8-6(13)10(5)9-1-3-12-4-2-9/h1-4H2,(H,7,11)(H,8,13). The van der Waals surface area contributed by atoms with Gasteiger partial charge in [-0.1, -0.05) is 0 Å². The molecule has 1 fully saturated rings. The molecular formula is C6H10N4O2S. The third-order valence-electron chi connectivity index (χ3n) is 1.93. The zero-order valence-corrected chi connectivity index (χ0v) is 7.76. The first kappa shape index (κ1) is 8.52. The maximum absolute atomic E-state index is 11.3. The molecule has 0 atom stereocenters. The molecule has 2 rings (SSSR count). The fraction of sp³-hybridized carbons (Fsp3) is 0.667. The van der Waals surface area contributed by atoms with Gasteiger partial charge in [-0.2, -0.15) is 4.68 Å². The average Bonchev–Trinajstić information content (AvgIpc) is 2.48. The van der Waals surface area contributed by atoms with Crippen molar-refractivity contribution in [2.75, 3.05) is 31.3 Å². The Kier molecular flexibility index (Phi) is 2.19. The molecule has 1 aliphatic heterocycles. The fourth-order valence-corrected chi connectivity index (χ4v) is 1.57. The molecule has 0 aliphatic carbocycles. The topological polar surface area (TPSA) is 66.0 Å². The van der Waals surface area contributed by atoms with Gasteiger partial charge in [0.2, 0.25) is 4.77 Å². The average molecular weight is 202 g/mol. The van der Waals surface area contributed by atoms with E-state index in [4.69, 9.17) is 17.0 Å². The van der Waals surface area contributed by atoms with Crippen LogP contribution in [0.15, 0.2) is 4.79 Å². The fourth-order valence-electron chi connectivity index (χ4n) is 1.32. The Bertz CT molecular complexity index is 358. The summed E-state index contributed by atoms with van der Waals surface area (Å²) in [5, 5.41) is 6.88. The first-order valence-electron chi connectivity index (χ1n) is 4.02. The van der Waals surface area contributed by atoms with E-state index in [-0.39, 0.29) is 5.69 Å². The van der Waals surface area contributed by atoms with E-state index in [1.807, 2.05) is 5.01 Å². The van der Waals surface area contributed by atoms with Gasteiger partial charge in [-0.05, 0) is 12.2 Å². The number of morpholine rings is 1. The van der Waals surface area contributed by atoms with Crippen LogP contribution in [0.2, 0.25) is 0 Å². The van der Waals surface area contributed by atoms with Crippen LogP contribution in [0, 0.1) is 4.77 Å². The number of nitrogens with zero attached hydrogens (tertiary/aromatic N) is 2. The van der Waals surface area contributed by atoms with E-state index in [9.17, 15) is 4.79 Å². The number of hydrogen-bond donors (Lipinski definition) is 2. The van der Waals surface area contributed by atoms with Crippen molar-refractivity contribution in [3.63, 3.8) is 0 Å². The van der Waals surface area contributed by atoms with Crippen molar-refractivity contribution in [2.45, 2.75) is 0 Å². The molecule has 0 spiro atoms. The first-order valence-corrected chi connectivity index (χ1v) is 4.42. The van der Waals surface area contributed by atoms with Crippen LogP contribution < -0.4 is 10.7 Å². The predicted octanol–water partition coefficient (Wildman–Crippen LogP) is -0.798. The van der Waals surface area contributed by atoms with Crippen molar-refractivity contribution in [2.24, 2.45) is 0 Å². The lowest BCUT2D eigenvalue weighted by Gasteiger charge is -2.27. The molecule has 72 valence electrons. The molecule has 1 aromatic rings. The molecule has 2 N–H and O–H groups in total. The predicted molar refractivity (Wildman–Crippen MR) is 49.0 cm³/mol. The summed E-state index contributed by atoms with van der Waals surface area (Å²) in [4.78, 5) is 11.3. The van der Waals surface area contributed by atoms with Gasteiger partial charge < -0.3 is 9.75 Å². The molecule has 2 heterocycles. The van der Waals surface area contributed by atoms with Crippen LogP contribution in [0.4, 0.5) is 0 Å². The van der Waals surface area contributed by atoms with Gasteiger partial charge in [0, 0.05) is 0 Å². The largest absolute Gasteiger partial charge is 0.378 e. The normalized spacial score (nSPS) is 17.7. The Balaban J connectivity index is 2.33. The van der Waals surface area contributed by atoms with E-state index in [2.05, 4.69) is 10.2 Å².